The summed E-state index contributed by atoms with van der Waals surface area (Å²) < 4.78 is 5.54. The Kier molecular flexibility index (Phi) is 3.50. The van der Waals surface area contributed by atoms with Gasteiger partial charge in [-0.2, -0.15) is 0 Å². The van der Waals surface area contributed by atoms with Gasteiger partial charge in [0.2, 0.25) is 5.91 Å². The molecule has 92 valence electrons. The molecule has 0 radical (unpaired) electrons. The minimum Gasteiger partial charge on any atom is -0.375 e. The van der Waals surface area contributed by atoms with Gasteiger partial charge in [0.1, 0.15) is 0 Å². The fourth-order valence-corrected chi connectivity index (χ4v) is 2.69. The predicted octanol–water partition coefficient (Wildman–Crippen LogP) is 0.750. The van der Waals surface area contributed by atoms with Crippen LogP contribution in [0.2, 0.25) is 0 Å². The number of nitrogens with two attached hydrogens (primary N) is 1. The summed E-state index contributed by atoms with van der Waals surface area (Å²) in [7, 11) is 0. The predicted molar refractivity (Wildman–Crippen MR) is 61.9 cm³/mol. The highest BCUT2D eigenvalue weighted by Gasteiger charge is 2.35. The highest BCUT2D eigenvalue weighted by atomic mass is 16.5. The number of carbonyl (C=O) groups is 1. The van der Waals surface area contributed by atoms with Crippen LogP contribution in [0.4, 0.5) is 0 Å². The van der Waals surface area contributed by atoms with Crippen LogP contribution in [0.25, 0.3) is 0 Å². The lowest BCUT2D eigenvalue weighted by molar-refractivity contribution is -0.147. The van der Waals surface area contributed by atoms with Crippen molar-refractivity contribution in [1.82, 2.24) is 4.90 Å². The topological polar surface area (TPSA) is 55.6 Å². The van der Waals surface area contributed by atoms with Gasteiger partial charge in [-0.15, -0.1) is 0 Å². The van der Waals surface area contributed by atoms with Crippen LogP contribution < -0.4 is 5.73 Å². The Hall–Kier alpha value is -0.610. The van der Waals surface area contributed by atoms with E-state index >= 15 is 0 Å². The molecule has 1 saturated carbocycles. The first-order valence-corrected chi connectivity index (χ1v) is 6.25. The lowest BCUT2D eigenvalue weighted by atomic mass is 10.0. The Morgan fingerprint density at radius 1 is 1.38 bits per heavy atom. The number of hydrogen-bond acceptors (Lipinski definition) is 3. The van der Waals surface area contributed by atoms with Crippen molar-refractivity contribution < 1.29 is 9.53 Å². The SMILES string of the molecule is CC1CN(C(=O)C2CCC(N)C2)C(C)CO1. The van der Waals surface area contributed by atoms with Crippen LogP contribution in [0.15, 0.2) is 0 Å². The number of carbonyl (C=O) groups excluding carboxylic acids is 1. The van der Waals surface area contributed by atoms with Gasteiger partial charge in [0.15, 0.2) is 0 Å². The van der Waals surface area contributed by atoms with Crippen molar-refractivity contribution in [3.8, 4) is 0 Å². The zero-order chi connectivity index (χ0) is 11.7. The van der Waals surface area contributed by atoms with Gasteiger partial charge in [-0.05, 0) is 33.1 Å². The minimum absolute atomic E-state index is 0.155. The molecule has 0 aromatic rings. The molecule has 2 aliphatic rings. The van der Waals surface area contributed by atoms with Crippen LogP contribution in [-0.2, 0) is 9.53 Å². The molecule has 2 N–H and O–H groups in total. The zero-order valence-electron chi connectivity index (χ0n) is 10.2. The van der Waals surface area contributed by atoms with Crippen molar-refractivity contribution in [2.75, 3.05) is 13.2 Å². The quantitative estimate of drug-likeness (QED) is 0.718. The second-order valence-corrected chi connectivity index (χ2v) is 5.25. The van der Waals surface area contributed by atoms with Crippen molar-refractivity contribution in [1.29, 1.82) is 0 Å². The first-order chi connectivity index (χ1) is 7.58. The molecular weight excluding hydrogens is 204 g/mol. The van der Waals surface area contributed by atoms with E-state index in [0.717, 1.165) is 25.8 Å². The molecule has 16 heavy (non-hydrogen) atoms. The summed E-state index contributed by atoms with van der Waals surface area (Å²) in [6.45, 7) is 5.46. The van der Waals surface area contributed by atoms with Gasteiger partial charge in [0.25, 0.3) is 0 Å². The van der Waals surface area contributed by atoms with Crippen LogP contribution in [0.3, 0.4) is 0 Å². The van der Waals surface area contributed by atoms with Gasteiger partial charge in [-0.25, -0.2) is 0 Å². The van der Waals surface area contributed by atoms with Crippen LogP contribution in [-0.4, -0.2) is 42.1 Å². The summed E-state index contributed by atoms with van der Waals surface area (Å²) in [5.41, 5.74) is 5.86. The molecule has 4 atom stereocenters. The van der Waals surface area contributed by atoms with Gasteiger partial charge in [-0.1, -0.05) is 0 Å². The maximum absolute atomic E-state index is 12.3. The fourth-order valence-electron chi connectivity index (χ4n) is 2.69. The van der Waals surface area contributed by atoms with Crippen molar-refractivity contribution in [3.05, 3.63) is 0 Å². The summed E-state index contributed by atoms with van der Waals surface area (Å²) in [4.78, 5) is 14.3. The molecule has 2 fully saturated rings. The highest BCUT2D eigenvalue weighted by Crippen LogP contribution is 2.27. The Balaban J connectivity index is 1.97. The molecule has 1 heterocycles. The lowest BCUT2D eigenvalue weighted by Gasteiger charge is -2.38. The van der Waals surface area contributed by atoms with E-state index in [1.54, 1.807) is 0 Å². The van der Waals surface area contributed by atoms with E-state index in [1.807, 2.05) is 11.8 Å². The average molecular weight is 226 g/mol. The molecule has 1 saturated heterocycles. The van der Waals surface area contributed by atoms with Crippen molar-refractivity contribution in [3.63, 3.8) is 0 Å². The van der Waals surface area contributed by atoms with Crippen LogP contribution in [0.1, 0.15) is 33.1 Å². The summed E-state index contributed by atoms with van der Waals surface area (Å²) >= 11 is 0. The molecule has 1 aliphatic heterocycles. The summed E-state index contributed by atoms with van der Waals surface area (Å²) in [5, 5.41) is 0. The molecule has 1 aliphatic carbocycles. The van der Waals surface area contributed by atoms with Gasteiger partial charge < -0.3 is 15.4 Å². The van der Waals surface area contributed by atoms with Crippen molar-refractivity contribution in [2.24, 2.45) is 11.7 Å². The average Bonchev–Trinajstić information content (AvgIpc) is 2.67. The highest BCUT2D eigenvalue weighted by molar-refractivity contribution is 5.79. The van der Waals surface area contributed by atoms with E-state index in [4.69, 9.17) is 10.5 Å². The molecular formula is C12H22N2O2. The van der Waals surface area contributed by atoms with Gasteiger partial charge in [0, 0.05) is 18.5 Å². The molecule has 2 rings (SSSR count). The molecule has 4 nitrogen and oxygen atoms in total. The van der Waals surface area contributed by atoms with Crippen LogP contribution in [0, 0.1) is 5.92 Å². The largest absolute Gasteiger partial charge is 0.375 e. The van der Waals surface area contributed by atoms with E-state index in [2.05, 4.69) is 6.92 Å². The molecule has 1 amide bonds. The van der Waals surface area contributed by atoms with Crippen LogP contribution >= 0.6 is 0 Å². The molecule has 0 aromatic heterocycles. The van der Waals surface area contributed by atoms with E-state index < -0.39 is 0 Å². The third-order valence-electron chi connectivity index (χ3n) is 3.71. The molecule has 0 spiro atoms. The van der Waals surface area contributed by atoms with E-state index in [1.165, 1.54) is 0 Å². The molecule has 0 bridgehead atoms. The van der Waals surface area contributed by atoms with Gasteiger partial charge in [-0.3, -0.25) is 4.79 Å². The number of hydrogen-bond donors (Lipinski definition) is 1. The van der Waals surface area contributed by atoms with Crippen molar-refractivity contribution >= 4 is 5.91 Å². The number of amides is 1. The lowest BCUT2D eigenvalue weighted by Crippen LogP contribution is -2.51. The normalized spacial score (nSPS) is 40.1. The zero-order valence-corrected chi connectivity index (χ0v) is 10.2. The standard InChI is InChI=1S/C12H22N2O2/c1-8-7-16-9(2)6-14(8)12(15)10-3-4-11(13)5-10/h8-11H,3-7,13H2,1-2H3. The maximum atomic E-state index is 12.3. The Morgan fingerprint density at radius 3 is 2.75 bits per heavy atom. The van der Waals surface area contributed by atoms with E-state index in [-0.39, 0.29) is 30.0 Å². The number of nitrogens with zero attached hydrogens (tertiary/aromatic N) is 1. The number of rotatable bonds is 1. The summed E-state index contributed by atoms with van der Waals surface area (Å²) in [6.07, 6.45) is 2.97. The first kappa shape index (κ1) is 11.9. The fraction of sp³-hybridized carbons (Fsp3) is 0.917. The smallest absolute Gasteiger partial charge is 0.226 e. The summed E-state index contributed by atoms with van der Waals surface area (Å²) in [6, 6.07) is 0.434. The number of ether oxygens (including phenoxy) is 1. The third kappa shape index (κ3) is 2.38. The molecule has 4 unspecified atom stereocenters. The Morgan fingerprint density at radius 2 is 2.12 bits per heavy atom. The Bertz CT molecular complexity index is 270. The maximum Gasteiger partial charge on any atom is 0.226 e. The van der Waals surface area contributed by atoms with Crippen LogP contribution in [0.5, 0.6) is 0 Å². The summed E-state index contributed by atoms with van der Waals surface area (Å²) in [5.74, 6) is 0.443. The van der Waals surface area contributed by atoms with E-state index in [0.29, 0.717) is 6.61 Å². The first-order valence-electron chi connectivity index (χ1n) is 6.25. The van der Waals surface area contributed by atoms with Gasteiger partial charge in [0.05, 0.1) is 18.8 Å². The molecule has 0 aromatic carbocycles. The second-order valence-electron chi connectivity index (χ2n) is 5.25. The second kappa shape index (κ2) is 4.72. The third-order valence-corrected chi connectivity index (χ3v) is 3.71. The number of morpholine rings is 1. The monoisotopic (exact) mass is 226 g/mol. The van der Waals surface area contributed by atoms with Gasteiger partial charge >= 0.3 is 0 Å². The van der Waals surface area contributed by atoms with E-state index in [9.17, 15) is 4.79 Å². The van der Waals surface area contributed by atoms with Crippen molar-refractivity contribution in [2.45, 2.75) is 51.3 Å². The molecule has 4 heteroatoms. The minimum atomic E-state index is 0.155. The Labute approximate surface area is 97.1 Å².